The van der Waals surface area contributed by atoms with E-state index in [4.69, 9.17) is 9.47 Å². The lowest BCUT2D eigenvalue weighted by Crippen LogP contribution is -2.17. The number of thioether (sulfide) groups is 1. The summed E-state index contributed by atoms with van der Waals surface area (Å²) in [6, 6.07) is 0. The molecule has 1 aliphatic rings. The molecule has 1 aromatic heterocycles. The summed E-state index contributed by atoms with van der Waals surface area (Å²) >= 11 is 1.62. The normalized spacial score (nSPS) is 19.9. The van der Waals surface area contributed by atoms with Crippen LogP contribution in [0, 0.1) is 0 Å². The van der Waals surface area contributed by atoms with Gasteiger partial charge in [-0.25, -0.2) is 4.68 Å². The van der Waals surface area contributed by atoms with Crippen molar-refractivity contribution in [3.63, 3.8) is 0 Å². The lowest BCUT2D eigenvalue weighted by Gasteiger charge is -2.09. The Hall–Kier alpha value is -0.660. The average Bonchev–Trinajstić information content (AvgIpc) is 2.97. The van der Waals surface area contributed by atoms with E-state index in [1.807, 2.05) is 11.6 Å². The average molecular weight is 258 g/mol. The molecule has 0 bridgehead atoms. The van der Waals surface area contributed by atoms with Crippen LogP contribution in [-0.4, -0.2) is 51.9 Å². The molecular weight excluding hydrogens is 240 g/mol. The van der Waals surface area contributed by atoms with Crippen LogP contribution in [0.4, 0.5) is 0 Å². The van der Waals surface area contributed by atoms with Crippen molar-refractivity contribution in [3.05, 3.63) is 0 Å². The highest BCUT2D eigenvalue weighted by molar-refractivity contribution is 7.99. The third kappa shape index (κ3) is 3.93. The SMILES string of the molecule is CCOCCSc1nnnn1C[C@H]1CCCO1. The van der Waals surface area contributed by atoms with E-state index in [0.717, 1.165) is 50.1 Å². The molecule has 0 spiro atoms. The fraction of sp³-hybridized carbons (Fsp3) is 0.900. The molecule has 6 nitrogen and oxygen atoms in total. The quantitative estimate of drug-likeness (QED) is 0.536. The van der Waals surface area contributed by atoms with Gasteiger partial charge in [0.05, 0.1) is 19.3 Å². The van der Waals surface area contributed by atoms with Crippen molar-refractivity contribution in [3.8, 4) is 0 Å². The van der Waals surface area contributed by atoms with Crippen LogP contribution in [0.1, 0.15) is 19.8 Å². The number of hydrogen-bond donors (Lipinski definition) is 0. The topological polar surface area (TPSA) is 62.1 Å². The molecule has 0 aliphatic carbocycles. The third-order valence-corrected chi connectivity index (χ3v) is 3.48. The molecule has 0 unspecified atom stereocenters. The number of rotatable bonds is 7. The Labute approximate surface area is 105 Å². The number of ether oxygens (including phenoxy) is 2. The maximum Gasteiger partial charge on any atom is 0.209 e. The van der Waals surface area contributed by atoms with Crippen LogP contribution in [0.3, 0.4) is 0 Å². The van der Waals surface area contributed by atoms with Crippen LogP contribution < -0.4 is 0 Å². The maximum atomic E-state index is 5.57. The summed E-state index contributed by atoms with van der Waals surface area (Å²) in [4.78, 5) is 0. The molecule has 0 aromatic carbocycles. The second kappa shape index (κ2) is 6.93. The van der Waals surface area contributed by atoms with E-state index in [1.54, 1.807) is 11.8 Å². The highest BCUT2D eigenvalue weighted by atomic mass is 32.2. The van der Waals surface area contributed by atoms with Crippen molar-refractivity contribution in [2.24, 2.45) is 0 Å². The first-order valence-electron chi connectivity index (χ1n) is 5.98. The fourth-order valence-corrected chi connectivity index (χ4v) is 2.47. The van der Waals surface area contributed by atoms with Gasteiger partial charge in [0, 0.05) is 19.0 Å². The number of tetrazole rings is 1. The third-order valence-electron chi connectivity index (χ3n) is 2.56. The summed E-state index contributed by atoms with van der Waals surface area (Å²) in [7, 11) is 0. The summed E-state index contributed by atoms with van der Waals surface area (Å²) in [5.74, 6) is 0.875. The standard InChI is InChI=1S/C10H18N4O2S/c1-2-15-6-7-17-10-11-12-13-14(10)8-9-4-3-5-16-9/h9H,2-8H2,1H3/t9-/m1/s1. The van der Waals surface area contributed by atoms with E-state index in [9.17, 15) is 0 Å². The van der Waals surface area contributed by atoms with Crippen molar-refractivity contribution in [2.75, 3.05) is 25.6 Å². The van der Waals surface area contributed by atoms with E-state index >= 15 is 0 Å². The second-order valence-electron chi connectivity index (χ2n) is 3.82. The predicted octanol–water partition coefficient (Wildman–Crippen LogP) is 0.981. The van der Waals surface area contributed by atoms with Crippen molar-refractivity contribution < 1.29 is 9.47 Å². The lowest BCUT2D eigenvalue weighted by atomic mass is 10.2. The Morgan fingerprint density at radius 2 is 2.53 bits per heavy atom. The molecule has 1 aliphatic heterocycles. The first kappa shape index (κ1) is 12.8. The van der Waals surface area contributed by atoms with Crippen molar-refractivity contribution in [1.82, 2.24) is 20.2 Å². The molecule has 1 fully saturated rings. The van der Waals surface area contributed by atoms with Gasteiger partial charge in [-0.15, -0.1) is 5.10 Å². The van der Waals surface area contributed by atoms with E-state index in [0.29, 0.717) is 0 Å². The summed E-state index contributed by atoms with van der Waals surface area (Å²) in [6.45, 7) is 5.09. The van der Waals surface area contributed by atoms with Gasteiger partial charge in [0.1, 0.15) is 0 Å². The molecule has 1 saturated heterocycles. The van der Waals surface area contributed by atoms with Crippen LogP contribution in [0.25, 0.3) is 0 Å². The molecular formula is C10H18N4O2S. The Balaban J connectivity index is 1.79. The van der Waals surface area contributed by atoms with Crippen LogP contribution in [0.2, 0.25) is 0 Å². The zero-order valence-corrected chi connectivity index (χ0v) is 10.9. The molecule has 1 aromatic rings. The molecule has 0 N–H and O–H groups in total. The number of hydrogen-bond acceptors (Lipinski definition) is 6. The van der Waals surface area contributed by atoms with Gasteiger partial charge in [0.2, 0.25) is 5.16 Å². The minimum absolute atomic E-state index is 0.268. The van der Waals surface area contributed by atoms with Gasteiger partial charge in [-0.05, 0) is 30.2 Å². The highest BCUT2D eigenvalue weighted by Crippen LogP contribution is 2.18. The largest absolute Gasteiger partial charge is 0.381 e. The molecule has 7 heteroatoms. The summed E-state index contributed by atoms with van der Waals surface area (Å²) in [5.41, 5.74) is 0. The van der Waals surface area contributed by atoms with Crippen molar-refractivity contribution >= 4 is 11.8 Å². The molecule has 2 heterocycles. The van der Waals surface area contributed by atoms with Gasteiger partial charge in [0.15, 0.2) is 0 Å². The molecule has 96 valence electrons. The zero-order valence-electron chi connectivity index (χ0n) is 10.0. The fourth-order valence-electron chi connectivity index (χ4n) is 1.73. The lowest BCUT2D eigenvalue weighted by molar-refractivity contribution is 0.0911. The van der Waals surface area contributed by atoms with Gasteiger partial charge in [0.25, 0.3) is 0 Å². The first-order chi connectivity index (χ1) is 8.40. The van der Waals surface area contributed by atoms with Crippen molar-refractivity contribution in [2.45, 2.75) is 37.6 Å². The first-order valence-corrected chi connectivity index (χ1v) is 6.97. The Morgan fingerprint density at radius 1 is 1.59 bits per heavy atom. The number of nitrogens with zero attached hydrogens (tertiary/aromatic N) is 4. The van der Waals surface area contributed by atoms with Crippen molar-refractivity contribution in [1.29, 1.82) is 0 Å². The summed E-state index contributed by atoms with van der Waals surface area (Å²) in [5, 5.41) is 12.6. The Kier molecular flexibility index (Phi) is 5.21. The Bertz CT molecular complexity index is 328. The smallest absolute Gasteiger partial charge is 0.209 e. The van der Waals surface area contributed by atoms with Gasteiger partial charge in [-0.3, -0.25) is 0 Å². The van der Waals surface area contributed by atoms with Crippen LogP contribution in [0.5, 0.6) is 0 Å². The summed E-state index contributed by atoms with van der Waals surface area (Å²) in [6.07, 6.45) is 2.51. The minimum atomic E-state index is 0.268. The molecule has 0 radical (unpaired) electrons. The molecule has 17 heavy (non-hydrogen) atoms. The monoisotopic (exact) mass is 258 g/mol. The maximum absolute atomic E-state index is 5.57. The Morgan fingerprint density at radius 3 is 3.29 bits per heavy atom. The van der Waals surface area contributed by atoms with Crippen LogP contribution >= 0.6 is 11.8 Å². The molecule has 2 rings (SSSR count). The second-order valence-corrected chi connectivity index (χ2v) is 4.89. The zero-order chi connectivity index (χ0) is 11.9. The van der Waals surface area contributed by atoms with E-state index in [-0.39, 0.29) is 6.10 Å². The van der Waals surface area contributed by atoms with Gasteiger partial charge in [-0.1, -0.05) is 11.8 Å². The van der Waals surface area contributed by atoms with Crippen LogP contribution in [-0.2, 0) is 16.0 Å². The van der Waals surface area contributed by atoms with E-state index < -0.39 is 0 Å². The summed E-state index contributed by atoms with van der Waals surface area (Å²) < 4.78 is 12.7. The molecule has 0 saturated carbocycles. The van der Waals surface area contributed by atoms with Gasteiger partial charge < -0.3 is 9.47 Å². The molecule has 0 amide bonds. The predicted molar refractivity (Wildman–Crippen MR) is 64.0 cm³/mol. The van der Waals surface area contributed by atoms with Crippen LogP contribution in [0.15, 0.2) is 5.16 Å². The van der Waals surface area contributed by atoms with Gasteiger partial charge in [-0.2, -0.15) is 0 Å². The van der Waals surface area contributed by atoms with E-state index in [1.165, 1.54) is 0 Å². The minimum Gasteiger partial charge on any atom is -0.381 e. The molecule has 1 atom stereocenters. The van der Waals surface area contributed by atoms with E-state index in [2.05, 4.69) is 15.5 Å². The number of aromatic nitrogens is 4. The highest BCUT2D eigenvalue weighted by Gasteiger charge is 2.18. The van der Waals surface area contributed by atoms with Gasteiger partial charge >= 0.3 is 0 Å².